The summed E-state index contributed by atoms with van der Waals surface area (Å²) in [5.74, 6) is 0. The number of diazo groups is 2. The summed E-state index contributed by atoms with van der Waals surface area (Å²) in [6.45, 7) is 3.85. The predicted octanol–water partition coefficient (Wildman–Crippen LogP) is 4.93. The van der Waals surface area contributed by atoms with Crippen LogP contribution in [0.1, 0.15) is 11.1 Å². The second kappa shape index (κ2) is 10.6. The summed E-state index contributed by atoms with van der Waals surface area (Å²) in [5.41, 5.74) is 2.93. The average molecular weight is 403 g/mol. The van der Waals surface area contributed by atoms with Gasteiger partial charge in [0.15, 0.2) is 9.95 Å². The van der Waals surface area contributed by atoms with Crippen molar-refractivity contribution in [3.05, 3.63) is 67.5 Å². The van der Waals surface area contributed by atoms with Crippen molar-refractivity contribution in [3.63, 3.8) is 0 Å². The molecule has 0 unspecified atom stereocenters. The Balaban J connectivity index is 0.000000368. The van der Waals surface area contributed by atoms with Crippen LogP contribution >= 0.6 is 23.2 Å². The maximum absolute atomic E-state index is 8.52. The van der Waals surface area contributed by atoms with E-state index in [-0.39, 0.29) is 0 Å². The molecule has 25 heavy (non-hydrogen) atoms. The minimum atomic E-state index is -5.17. The molecule has 0 heterocycles. The number of halogens is 2. The van der Waals surface area contributed by atoms with Crippen LogP contribution in [0.15, 0.2) is 36.4 Å². The van der Waals surface area contributed by atoms with E-state index in [1.54, 1.807) is 24.3 Å². The number of hydrogen-bond acceptors (Lipinski definition) is 6. The molecule has 0 amide bonds. The van der Waals surface area contributed by atoms with E-state index in [1.807, 2.05) is 26.0 Å². The first-order valence-corrected chi connectivity index (χ1v) is 8.46. The number of aryl methyl sites for hydroxylation is 2. The zero-order valence-electron chi connectivity index (χ0n) is 13.1. The Morgan fingerprint density at radius 2 is 1.12 bits per heavy atom. The zero-order valence-corrected chi connectivity index (χ0v) is 15.4. The molecule has 0 aromatic heterocycles. The lowest BCUT2D eigenvalue weighted by Gasteiger charge is -2.06. The van der Waals surface area contributed by atoms with Crippen molar-refractivity contribution >= 4 is 45.0 Å². The van der Waals surface area contributed by atoms with Gasteiger partial charge in [-0.1, -0.05) is 35.3 Å². The second-order valence-corrected chi connectivity index (χ2v) is 6.15. The Hall–Kier alpha value is -2.27. The van der Waals surface area contributed by atoms with E-state index in [2.05, 4.69) is 9.95 Å². The molecule has 0 aliphatic carbocycles. The summed E-state index contributed by atoms with van der Waals surface area (Å²) >= 11 is 11.4. The molecule has 2 aromatic rings. The van der Waals surface area contributed by atoms with Gasteiger partial charge < -0.3 is 9.11 Å². The molecule has 0 spiro atoms. The van der Waals surface area contributed by atoms with Crippen LogP contribution in [-0.2, 0) is 10.4 Å². The number of rotatable bonds is 0. The van der Waals surface area contributed by atoms with Crippen molar-refractivity contribution < 1.29 is 17.5 Å². The minimum absolute atomic E-state index is 0.410. The second-order valence-electron chi connectivity index (χ2n) is 4.52. The summed E-state index contributed by atoms with van der Waals surface area (Å²) in [7, 11) is -5.17. The van der Waals surface area contributed by atoms with Crippen LogP contribution in [0.4, 0.5) is 11.4 Å². The normalized spacial score (nSPS) is 9.44. The number of nitrogens with zero attached hydrogens (tertiary/aromatic N) is 4. The summed E-state index contributed by atoms with van der Waals surface area (Å²) < 4.78 is 34.1. The third kappa shape index (κ3) is 11.0. The molecule has 0 atom stereocenters. The zero-order chi connectivity index (χ0) is 19.6. The Morgan fingerprint density at radius 3 is 1.32 bits per heavy atom. The van der Waals surface area contributed by atoms with Gasteiger partial charge in [0.2, 0.25) is 10.8 Å². The van der Waals surface area contributed by atoms with E-state index >= 15 is 0 Å². The fraction of sp³-hybridized carbons (Fsp3) is 0.143. The van der Waals surface area contributed by atoms with Crippen molar-refractivity contribution in [3.8, 4) is 0 Å². The van der Waals surface area contributed by atoms with Crippen LogP contribution in [-0.4, -0.2) is 17.5 Å². The molecule has 0 saturated heterocycles. The van der Waals surface area contributed by atoms with Gasteiger partial charge in [0.05, 0.1) is 0 Å². The Kier molecular flexibility index (Phi) is 9.61. The molecule has 0 bridgehead atoms. The van der Waals surface area contributed by atoms with Crippen LogP contribution in [0.25, 0.3) is 9.95 Å². The first kappa shape index (κ1) is 22.7. The first-order chi connectivity index (χ1) is 11.5. The third-order valence-electron chi connectivity index (χ3n) is 2.42. The average Bonchev–Trinajstić information content (AvgIpc) is 2.46. The van der Waals surface area contributed by atoms with Crippen molar-refractivity contribution in [2.24, 2.45) is 0 Å². The van der Waals surface area contributed by atoms with Crippen LogP contribution in [0.3, 0.4) is 0 Å². The Morgan fingerprint density at radius 1 is 0.840 bits per heavy atom. The minimum Gasteiger partial charge on any atom is -0.759 e. The maximum Gasteiger partial charge on any atom is 0.403 e. The predicted molar refractivity (Wildman–Crippen MR) is 92.3 cm³/mol. The quantitative estimate of drug-likeness (QED) is 0.347. The first-order valence-electron chi connectivity index (χ1n) is 6.37. The number of benzene rings is 2. The lowest BCUT2D eigenvalue weighted by Crippen LogP contribution is -1.91. The summed E-state index contributed by atoms with van der Waals surface area (Å²) in [6, 6.07) is 10.5. The molecule has 0 aliphatic rings. The molecular weight excluding hydrogens is 391 g/mol. The smallest absolute Gasteiger partial charge is 0.403 e. The van der Waals surface area contributed by atoms with E-state index in [4.69, 9.17) is 51.5 Å². The molecule has 2 rings (SSSR count). The molecule has 0 N–H and O–H groups in total. The lowest BCUT2D eigenvalue weighted by molar-refractivity contribution is 0.352. The van der Waals surface area contributed by atoms with Crippen molar-refractivity contribution in [1.29, 1.82) is 10.8 Å². The van der Waals surface area contributed by atoms with Gasteiger partial charge in [0.25, 0.3) is 0 Å². The number of hydrogen-bond donors (Lipinski definition) is 0. The monoisotopic (exact) mass is 402 g/mol. The van der Waals surface area contributed by atoms with Crippen LogP contribution in [0, 0.1) is 24.6 Å². The molecule has 0 fully saturated rings. The van der Waals surface area contributed by atoms with Crippen LogP contribution in [0.5, 0.6) is 0 Å². The molecule has 11 heteroatoms. The standard InChI is InChI=1S/2C7H6ClN2.H2O4S/c2*1-5-2-3-7(10-9)6(8)4-5;1-5(2,3)4/h2*2-4H,1H3;(H2,1,2,3,4)/q2*+1;/p-2. The third-order valence-corrected chi connectivity index (χ3v) is 3.03. The highest BCUT2D eigenvalue weighted by molar-refractivity contribution is 7.79. The summed E-state index contributed by atoms with van der Waals surface area (Å²) in [6.07, 6.45) is 0. The van der Waals surface area contributed by atoms with Crippen LogP contribution < -0.4 is 0 Å². The van der Waals surface area contributed by atoms with Crippen LogP contribution in [0.2, 0.25) is 10.0 Å². The van der Waals surface area contributed by atoms with E-state index < -0.39 is 10.4 Å². The fourth-order valence-electron chi connectivity index (χ4n) is 1.39. The highest BCUT2D eigenvalue weighted by Gasteiger charge is 2.10. The maximum atomic E-state index is 8.52. The van der Waals surface area contributed by atoms with Gasteiger partial charge in [-0.3, -0.25) is 8.42 Å². The highest BCUT2D eigenvalue weighted by atomic mass is 35.5. The van der Waals surface area contributed by atoms with Gasteiger partial charge in [0, 0.05) is 22.5 Å². The topological polar surface area (TPSA) is 137 Å². The summed E-state index contributed by atoms with van der Waals surface area (Å²) in [4.78, 5) is 5.96. The Bertz CT molecular complexity index is 852. The van der Waals surface area contributed by atoms with Gasteiger partial charge in [-0.25, -0.2) is 0 Å². The SMILES string of the molecule is Cc1ccc([N+]#N)c(Cl)c1.Cc1ccc([N+]#N)c(Cl)c1.O=S(=O)([O-])[O-]. The largest absolute Gasteiger partial charge is 0.759 e. The molecule has 0 saturated carbocycles. The van der Waals surface area contributed by atoms with Gasteiger partial charge in [-0.05, 0) is 37.1 Å². The van der Waals surface area contributed by atoms with Gasteiger partial charge in [-0.2, -0.15) is 0 Å². The fourth-order valence-corrected chi connectivity index (χ4v) is 1.93. The van der Waals surface area contributed by atoms with Gasteiger partial charge in [0.1, 0.15) is 10.0 Å². The lowest BCUT2D eigenvalue weighted by atomic mass is 10.2. The van der Waals surface area contributed by atoms with E-state index in [9.17, 15) is 0 Å². The highest BCUT2D eigenvalue weighted by Crippen LogP contribution is 2.25. The van der Waals surface area contributed by atoms with Crippen molar-refractivity contribution in [2.75, 3.05) is 0 Å². The van der Waals surface area contributed by atoms with Crippen molar-refractivity contribution in [2.45, 2.75) is 13.8 Å². The molecular formula is C14H12Cl2N4O4S. The summed E-state index contributed by atoms with van der Waals surface area (Å²) in [5, 5.41) is 17.6. The molecule has 0 radical (unpaired) electrons. The molecule has 8 nitrogen and oxygen atoms in total. The van der Waals surface area contributed by atoms with E-state index in [1.165, 1.54) is 0 Å². The van der Waals surface area contributed by atoms with Crippen molar-refractivity contribution in [1.82, 2.24) is 0 Å². The van der Waals surface area contributed by atoms with Gasteiger partial charge in [-0.15, -0.1) is 0 Å². The van der Waals surface area contributed by atoms with E-state index in [0.29, 0.717) is 21.4 Å². The van der Waals surface area contributed by atoms with Gasteiger partial charge >= 0.3 is 11.4 Å². The molecule has 0 aliphatic heterocycles. The molecule has 2 aromatic carbocycles. The Labute approximate surface area is 154 Å². The van der Waals surface area contributed by atoms with E-state index in [0.717, 1.165) is 11.1 Å². The molecule has 132 valence electrons.